The number of halogens is 1. The van der Waals surface area contributed by atoms with Crippen molar-refractivity contribution < 1.29 is 23.9 Å². The summed E-state index contributed by atoms with van der Waals surface area (Å²) in [7, 11) is 1.52. The van der Waals surface area contributed by atoms with Crippen molar-refractivity contribution in [1.82, 2.24) is 5.32 Å². The molecule has 2 rings (SSSR count). The topological polar surface area (TPSA) is 93.7 Å². The summed E-state index contributed by atoms with van der Waals surface area (Å²) in [6.07, 6.45) is -1.05. The fourth-order valence-corrected chi connectivity index (χ4v) is 2.34. The van der Waals surface area contributed by atoms with Gasteiger partial charge >= 0.3 is 5.97 Å². The van der Waals surface area contributed by atoms with Gasteiger partial charge in [-0.3, -0.25) is 9.59 Å². The second-order valence-electron chi connectivity index (χ2n) is 6.00. The largest absolute Gasteiger partial charge is 0.497 e. The molecule has 0 aliphatic rings. The fraction of sp³-hybridized carbons (Fsp3) is 0.250. The molecule has 148 valence electrons. The van der Waals surface area contributed by atoms with Gasteiger partial charge in [-0.25, -0.2) is 4.79 Å². The van der Waals surface area contributed by atoms with Crippen LogP contribution in [-0.2, 0) is 14.3 Å². The van der Waals surface area contributed by atoms with Gasteiger partial charge in [-0.1, -0.05) is 17.7 Å². The molecule has 0 aliphatic carbocycles. The Bertz CT molecular complexity index is 854. The van der Waals surface area contributed by atoms with Crippen LogP contribution in [0.4, 0.5) is 5.69 Å². The monoisotopic (exact) mass is 404 g/mol. The van der Waals surface area contributed by atoms with Crippen molar-refractivity contribution in [3.8, 4) is 5.75 Å². The molecule has 0 spiro atoms. The van der Waals surface area contributed by atoms with Gasteiger partial charge in [-0.15, -0.1) is 0 Å². The molecule has 0 bridgehead atoms. The third kappa shape index (κ3) is 5.99. The van der Waals surface area contributed by atoms with Crippen molar-refractivity contribution in [1.29, 1.82) is 0 Å². The van der Waals surface area contributed by atoms with Gasteiger partial charge in [0.05, 0.1) is 7.11 Å². The van der Waals surface area contributed by atoms with Crippen molar-refractivity contribution in [2.24, 2.45) is 0 Å². The normalized spacial score (nSPS) is 12.4. The number of esters is 1. The average Bonchev–Trinajstić information content (AvgIpc) is 2.68. The lowest BCUT2D eigenvalue weighted by molar-refractivity contribution is -0.154. The fourth-order valence-electron chi connectivity index (χ4n) is 2.21. The maximum atomic E-state index is 12.2. The molecule has 0 unspecified atom stereocenters. The van der Waals surface area contributed by atoms with Crippen molar-refractivity contribution in [3.63, 3.8) is 0 Å². The molecule has 0 saturated heterocycles. The average molecular weight is 405 g/mol. The van der Waals surface area contributed by atoms with E-state index in [4.69, 9.17) is 21.1 Å². The standard InChI is InChI=1S/C20H21ClN2O5/c1-12(22-19(25)14-7-9-15(21)10-8-14)20(26)28-13(2)18(24)23-16-5-4-6-17(11-16)27-3/h4-13H,1-3H3,(H,22,25)(H,23,24)/t12-,13-/m0/s1. The van der Waals surface area contributed by atoms with Gasteiger partial charge in [0.15, 0.2) is 6.10 Å². The molecule has 2 N–H and O–H groups in total. The minimum atomic E-state index is -1.05. The Labute approximate surface area is 168 Å². The Morgan fingerprint density at radius 3 is 2.36 bits per heavy atom. The highest BCUT2D eigenvalue weighted by molar-refractivity contribution is 6.30. The molecule has 2 atom stereocenters. The maximum absolute atomic E-state index is 12.2. The first-order chi connectivity index (χ1) is 13.3. The Kier molecular flexibility index (Phi) is 7.40. The molecule has 8 heteroatoms. The summed E-state index contributed by atoms with van der Waals surface area (Å²) in [6.45, 7) is 2.92. The van der Waals surface area contributed by atoms with E-state index in [2.05, 4.69) is 10.6 Å². The van der Waals surface area contributed by atoms with Crippen LogP contribution in [0.25, 0.3) is 0 Å². The SMILES string of the molecule is COc1cccc(NC(=O)[C@H](C)OC(=O)[C@H](C)NC(=O)c2ccc(Cl)cc2)c1. The predicted octanol–water partition coefficient (Wildman–Crippen LogP) is 3.04. The summed E-state index contributed by atoms with van der Waals surface area (Å²) in [6, 6.07) is 12.1. The Hall–Kier alpha value is -3.06. The highest BCUT2D eigenvalue weighted by Gasteiger charge is 2.23. The maximum Gasteiger partial charge on any atom is 0.329 e. The molecule has 7 nitrogen and oxygen atoms in total. The van der Waals surface area contributed by atoms with E-state index in [1.54, 1.807) is 48.5 Å². The predicted molar refractivity (Wildman–Crippen MR) is 106 cm³/mol. The first kappa shape index (κ1) is 21.2. The Morgan fingerprint density at radius 2 is 1.71 bits per heavy atom. The molecule has 0 aliphatic heterocycles. The third-order valence-electron chi connectivity index (χ3n) is 3.81. The van der Waals surface area contributed by atoms with Crippen molar-refractivity contribution >= 4 is 35.1 Å². The van der Waals surface area contributed by atoms with Gasteiger partial charge in [0, 0.05) is 22.3 Å². The number of amides is 2. The van der Waals surface area contributed by atoms with E-state index in [-0.39, 0.29) is 0 Å². The van der Waals surface area contributed by atoms with E-state index in [0.29, 0.717) is 22.0 Å². The molecule has 2 aromatic rings. The molecule has 28 heavy (non-hydrogen) atoms. The van der Waals surface area contributed by atoms with Crippen LogP contribution in [0.1, 0.15) is 24.2 Å². The zero-order valence-corrected chi connectivity index (χ0v) is 16.4. The van der Waals surface area contributed by atoms with Crippen LogP contribution in [0.15, 0.2) is 48.5 Å². The van der Waals surface area contributed by atoms with E-state index in [1.807, 2.05) is 0 Å². The number of carbonyl (C=O) groups excluding carboxylic acids is 3. The van der Waals surface area contributed by atoms with Crippen molar-refractivity contribution in [2.75, 3.05) is 12.4 Å². The van der Waals surface area contributed by atoms with Gasteiger partial charge in [0.1, 0.15) is 11.8 Å². The van der Waals surface area contributed by atoms with Gasteiger partial charge in [-0.2, -0.15) is 0 Å². The van der Waals surface area contributed by atoms with E-state index in [1.165, 1.54) is 21.0 Å². The molecule has 0 saturated carbocycles. The quantitative estimate of drug-likeness (QED) is 0.692. The van der Waals surface area contributed by atoms with E-state index in [0.717, 1.165) is 0 Å². The number of benzene rings is 2. The van der Waals surface area contributed by atoms with E-state index >= 15 is 0 Å². The molecule has 0 radical (unpaired) electrons. The summed E-state index contributed by atoms with van der Waals surface area (Å²) in [5.41, 5.74) is 0.865. The Morgan fingerprint density at radius 1 is 1.04 bits per heavy atom. The molecule has 2 amide bonds. The number of hydrogen-bond acceptors (Lipinski definition) is 5. The van der Waals surface area contributed by atoms with Crippen molar-refractivity contribution in [2.45, 2.75) is 26.0 Å². The van der Waals surface area contributed by atoms with Crippen LogP contribution in [-0.4, -0.2) is 37.0 Å². The lowest BCUT2D eigenvalue weighted by Crippen LogP contribution is -2.42. The van der Waals surface area contributed by atoms with Gasteiger partial charge < -0.3 is 20.1 Å². The highest BCUT2D eigenvalue weighted by Crippen LogP contribution is 2.17. The number of nitrogens with one attached hydrogen (secondary N) is 2. The molecule has 0 fully saturated rings. The van der Waals surface area contributed by atoms with Crippen LogP contribution in [0.5, 0.6) is 5.75 Å². The smallest absolute Gasteiger partial charge is 0.329 e. The number of methoxy groups -OCH3 is 1. The van der Waals surface area contributed by atoms with Crippen LogP contribution in [0.2, 0.25) is 5.02 Å². The summed E-state index contributed by atoms with van der Waals surface area (Å²) < 4.78 is 10.2. The highest BCUT2D eigenvalue weighted by atomic mass is 35.5. The van der Waals surface area contributed by atoms with E-state index in [9.17, 15) is 14.4 Å². The zero-order valence-electron chi connectivity index (χ0n) is 15.7. The first-order valence-electron chi connectivity index (χ1n) is 8.52. The Balaban J connectivity index is 1.88. The number of ether oxygens (including phenoxy) is 2. The number of rotatable bonds is 7. The summed E-state index contributed by atoms with van der Waals surface area (Å²) in [5.74, 6) is -1.09. The lowest BCUT2D eigenvalue weighted by atomic mass is 10.2. The van der Waals surface area contributed by atoms with Crippen LogP contribution in [0, 0.1) is 0 Å². The molecule has 0 heterocycles. The van der Waals surface area contributed by atoms with Crippen LogP contribution < -0.4 is 15.4 Å². The summed E-state index contributed by atoms with van der Waals surface area (Å²) >= 11 is 5.78. The van der Waals surface area contributed by atoms with E-state index < -0.39 is 29.9 Å². The number of carbonyl (C=O) groups is 3. The number of hydrogen-bond donors (Lipinski definition) is 2. The van der Waals surface area contributed by atoms with Crippen LogP contribution in [0.3, 0.4) is 0 Å². The van der Waals surface area contributed by atoms with Gasteiger partial charge in [0.2, 0.25) is 0 Å². The second-order valence-corrected chi connectivity index (χ2v) is 6.44. The van der Waals surface area contributed by atoms with Gasteiger partial charge in [0.25, 0.3) is 11.8 Å². The molecule has 0 aromatic heterocycles. The van der Waals surface area contributed by atoms with Crippen molar-refractivity contribution in [3.05, 3.63) is 59.1 Å². The summed E-state index contributed by atoms with van der Waals surface area (Å²) in [5, 5.41) is 5.66. The zero-order chi connectivity index (χ0) is 20.7. The first-order valence-corrected chi connectivity index (χ1v) is 8.89. The second kappa shape index (κ2) is 9.75. The molecule has 2 aromatic carbocycles. The third-order valence-corrected chi connectivity index (χ3v) is 4.06. The molecular formula is C20H21ClN2O5. The van der Waals surface area contributed by atoms with Gasteiger partial charge in [-0.05, 0) is 50.2 Å². The minimum absolute atomic E-state index is 0.355. The number of anilines is 1. The summed E-state index contributed by atoms with van der Waals surface area (Å²) in [4.78, 5) is 36.5. The van der Waals surface area contributed by atoms with Crippen LogP contribution >= 0.6 is 11.6 Å². The molecular weight excluding hydrogens is 384 g/mol. The lowest BCUT2D eigenvalue weighted by Gasteiger charge is -2.18. The minimum Gasteiger partial charge on any atom is -0.497 e.